The van der Waals surface area contributed by atoms with E-state index in [-0.39, 0.29) is 10.7 Å². The second-order valence-electron chi connectivity index (χ2n) is 4.56. The van der Waals surface area contributed by atoms with Crippen molar-refractivity contribution < 1.29 is 9.18 Å². The SMILES string of the molecule is CCc1ccc(NC(=S)NNC(=O)c2ccccc2F)cc1. The molecule has 0 atom stereocenters. The van der Waals surface area contributed by atoms with E-state index >= 15 is 0 Å². The summed E-state index contributed by atoms with van der Waals surface area (Å²) in [6.45, 7) is 2.08. The Morgan fingerprint density at radius 3 is 2.41 bits per heavy atom. The molecule has 0 saturated carbocycles. The number of nitrogens with one attached hydrogen (secondary N) is 3. The van der Waals surface area contributed by atoms with Gasteiger partial charge in [0, 0.05) is 5.69 Å². The van der Waals surface area contributed by atoms with Crippen molar-refractivity contribution in [1.82, 2.24) is 10.9 Å². The van der Waals surface area contributed by atoms with Crippen LogP contribution in [0.1, 0.15) is 22.8 Å². The highest BCUT2D eigenvalue weighted by Crippen LogP contribution is 2.09. The van der Waals surface area contributed by atoms with E-state index in [1.165, 1.54) is 23.8 Å². The molecule has 0 heterocycles. The van der Waals surface area contributed by atoms with Gasteiger partial charge in [-0.15, -0.1) is 0 Å². The van der Waals surface area contributed by atoms with Gasteiger partial charge in [0.1, 0.15) is 5.82 Å². The fraction of sp³-hybridized carbons (Fsp3) is 0.125. The van der Waals surface area contributed by atoms with E-state index in [0.717, 1.165) is 12.1 Å². The van der Waals surface area contributed by atoms with Gasteiger partial charge in [0.05, 0.1) is 5.56 Å². The molecule has 0 saturated heterocycles. The van der Waals surface area contributed by atoms with Gasteiger partial charge in [-0.2, -0.15) is 0 Å². The van der Waals surface area contributed by atoms with Crippen molar-refractivity contribution in [2.45, 2.75) is 13.3 Å². The Kier molecular flexibility index (Phi) is 5.43. The molecule has 2 aromatic rings. The lowest BCUT2D eigenvalue weighted by Gasteiger charge is -2.12. The largest absolute Gasteiger partial charge is 0.331 e. The first-order valence-corrected chi connectivity index (χ1v) is 7.21. The predicted molar refractivity (Wildman–Crippen MR) is 89.0 cm³/mol. The zero-order chi connectivity index (χ0) is 15.9. The fourth-order valence-corrected chi connectivity index (χ4v) is 1.98. The minimum atomic E-state index is -0.594. The summed E-state index contributed by atoms with van der Waals surface area (Å²) >= 11 is 5.07. The van der Waals surface area contributed by atoms with Crippen molar-refractivity contribution in [3.8, 4) is 0 Å². The lowest BCUT2D eigenvalue weighted by molar-refractivity contribution is 0.0940. The zero-order valence-corrected chi connectivity index (χ0v) is 12.8. The summed E-state index contributed by atoms with van der Waals surface area (Å²) in [7, 11) is 0. The van der Waals surface area contributed by atoms with E-state index in [2.05, 4.69) is 23.1 Å². The Morgan fingerprint density at radius 2 is 1.77 bits per heavy atom. The van der Waals surface area contributed by atoms with Crippen LogP contribution in [-0.2, 0) is 6.42 Å². The smallest absolute Gasteiger partial charge is 0.272 e. The summed E-state index contributed by atoms with van der Waals surface area (Å²) in [5.74, 6) is -1.18. The molecule has 0 aliphatic rings. The highest BCUT2D eigenvalue weighted by Gasteiger charge is 2.10. The van der Waals surface area contributed by atoms with Crippen LogP contribution < -0.4 is 16.2 Å². The Labute approximate surface area is 133 Å². The number of halogens is 1. The van der Waals surface area contributed by atoms with Crippen LogP contribution in [0.4, 0.5) is 10.1 Å². The first-order chi connectivity index (χ1) is 10.6. The van der Waals surface area contributed by atoms with Crippen LogP contribution in [0.3, 0.4) is 0 Å². The monoisotopic (exact) mass is 317 g/mol. The minimum absolute atomic E-state index is 0.0508. The number of rotatable bonds is 3. The summed E-state index contributed by atoms with van der Waals surface area (Å²) in [6, 6.07) is 13.5. The second kappa shape index (κ2) is 7.51. The van der Waals surface area contributed by atoms with Crippen LogP contribution >= 0.6 is 12.2 Å². The van der Waals surface area contributed by atoms with E-state index in [1.807, 2.05) is 24.3 Å². The van der Waals surface area contributed by atoms with Crippen LogP contribution in [0.25, 0.3) is 0 Å². The van der Waals surface area contributed by atoms with E-state index in [1.54, 1.807) is 6.07 Å². The molecule has 4 nitrogen and oxygen atoms in total. The Morgan fingerprint density at radius 1 is 1.09 bits per heavy atom. The summed E-state index contributed by atoms with van der Waals surface area (Å²) in [5.41, 5.74) is 6.86. The molecule has 0 radical (unpaired) electrons. The number of carbonyl (C=O) groups excluding carboxylic acids is 1. The number of hydrazine groups is 1. The third kappa shape index (κ3) is 4.26. The molecule has 22 heavy (non-hydrogen) atoms. The quantitative estimate of drug-likeness (QED) is 0.602. The van der Waals surface area contributed by atoms with Crippen molar-refractivity contribution in [3.63, 3.8) is 0 Å². The maximum atomic E-state index is 13.4. The minimum Gasteiger partial charge on any atom is -0.331 e. The number of carbonyl (C=O) groups is 1. The molecular weight excluding hydrogens is 301 g/mol. The van der Waals surface area contributed by atoms with E-state index in [9.17, 15) is 9.18 Å². The van der Waals surface area contributed by atoms with Crippen molar-refractivity contribution in [2.75, 3.05) is 5.32 Å². The van der Waals surface area contributed by atoms with Crippen LogP contribution in [0.15, 0.2) is 48.5 Å². The second-order valence-corrected chi connectivity index (χ2v) is 4.97. The summed E-state index contributed by atoms with van der Waals surface area (Å²) in [4.78, 5) is 11.8. The molecule has 3 N–H and O–H groups in total. The number of aryl methyl sites for hydroxylation is 1. The third-order valence-corrected chi connectivity index (χ3v) is 3.23. The molecule has 2 aromatic carbocycles. The summed E-state index contributed by atoms with van der Waals surface area (Å²) < 4.78 is 13.4. The van der Waals surface area contributed by atoms with Gasteiger partial charge in [0.25, 0.3) is 5.91 Å². The highest BCUT2D eigenvalue weighted by atomic mass is 32.1. The lowest BCUT2D eigenvalue weighted by Crippen LogP contribution is -2.44. The van der Waals surface area contributed by atoms with Gasteiger partial charge in [-0.1, -0.05) is 31.2 Å². The topological polar surface area (TPSA) is 53.2 Å². The van der Waals surface area contributed by atoms with Gasteiger partial charge in [-0.05, 0) is 48.5 Å². The average Bonchev–Trinajstić information content (AvgIpc) is 2.54. The van der Waals surface area contributed by atoms with Gasteiger partial charge in [0.15, 0.2) is 5.11 Å². The van der Waals surface area contributed by atoms with E-state index < -0.39 is 11.7 Å². The standard InChI is InChI=1S/C16H16FN3OS/c1-2-11-7-9-12(10-8-11)18-16(22)20-19-15(21)13-5-3-4-6-14(13)17/h3-10H,2H2,1H3,(H,19,21)(H2,18,20,22). The molecule has 0 aliphatic carbocycles. The number of anilines is 1. The summed E-state index contributed by atoms with van der Waals surface area (Å²) in [6.07, 6.45) is 0.960. The molecule has 2 rings (SSSR count). The zero-order valence-electron chi connectivity index (χ0n) is 12.0. The van der Waals surface area contributed by atoms with Crippen LogP contribution in [-0.4, -0.2) is 11.0 Å². The number of hydrogen-bond donors (Lipinski definition) is 3. The maximum Gasteiger partial charge on any atom is 0.272 e. The van der Waals surface area contributed by atoms with Crippen molar-refractivity contribution in [2.24, 2.45) is 0 Å². The molecule has 114 valence electrons. The van der Waals surface area contributed by atoms with Crippen molar-refractivity contribution in [3.05, 3.63) is 65.5 Å². The van der Waals surface area contributed by atoms with E-state index in [4.69, 9.17) is 12.2 Å². The Bertz CT molecular complexity index is 673. The average molecular weight is 317 g/mol. The Hall–Kier alpha value is -2.47. The highest BCUT2D eigenvalue weighted by molar-refractivity contribution is 7.80. The third-order valence-electron chi connectivity index (χ3n) is 3.03. The lowest BCUT2D eigenvalue weighted by atomic mass is 10.1. The van der Waals surface area contributed by atoms with Crippen LogP contribution in [0, 0.1) is 5.82 Å². The molecule has 1 amide bonds. The van der Waals surface area contributed by atoms with Gasteiger partial charge >= 0.3 is 0 Å². The number of hydrogen-bond acceptors (Lipinski definition) is 2. The number of thiocarbonyl (C=S) groups is 1. The molecular formula is C16H16FN3OS. The Balaban J connectivity index is 1.87. The summed E-state index contributed by atoms with van der Waals surface area (Å²) in [5, 5.41) is 3.14. The van der Waals surface area contributed by atoms with Crippen LogP contribution in [0.5, 0.6) is 0 Å². The van der Waals surface area contributed by atoms with E-state index in [0.29, 0.717) is 0 Å². The van der Waals surface area contributed by atoms with Gasteiger partial charge in [-0.3, -0.25) is 15.6 Å². The molecule has 0 aliphatic heterocycles. The first-order valence-electron chi connectivity index (χ1n) is 6.81. The van der Waals surface area contributed by atoms with Gasteiger partial charge in [-0.25, -0.2) is 4.39 Å². The van der Waals surface area contributed by atoms with Crippen molar-refractivity contribution >= 4 is 28.9 Å². The molecule has 0 fully saturated rings. The van der Waals surface area contributed by atoms with Crippen LogP contribution in [0.2, 0.25) is 0 Å². The predicted octanol–water partition coefficient (Wildman–Crippen LogP) is 3.02. The molecule has 6 heteroatoms. The normalized spacial score (nSPS) is 9.91. The molecule has 0 aromatic heterocycles. The van der Waals surface area contributed by atoms with Gasteiger partial charge in [0.2, 0.25) is 0 Å². The molecule has 0 unspecified atom stereocenters. The first kappa shape index (κ1) is 15.9. The number of amides is 1. The maximum absolute atomic E-state index is 13.4. The molecule has 0 spiro atoms. The fourth-order valence-electron chi connectivity index (χ4n) is 1.81. The van der Waals surface area contributed by atoms with Gasteiger partial charge < -0.3 is 5.32 Å². The van der Waals surface area contributed by atoms with Crippen molar-refractivity contribution in [1.29, 1.82) is 0 Å². The molecule has 0 bridgehead atoms. The number of benzene rings is 2.